The molecule has 4 rings (SSSR count). The van der Waals surface area contributed by atoms with E-state index in [0.717, 1.165) is 43.2 Å². The van der Waals surface area contributed by atoms with Crippen molar-refractivity contribution >= 4 is 35.1 Å². The molecule has 4 heterocycles. The van der Waals surface area contributed by atoms with Crippen LogP contribution < -0.4 is 0 Å². The Kier molecular flexibility index (Phi) is 10.8. The number of halogens is 2. The number of rotatable bonds is 14. The van der Waals surface area contributed by atoms with Gasteiger partial charge in [-0.2, -0.15) is 0 Å². The highest BCUT2D eigenvalue weighted by Gasteiger charge is 2.30. The van der Waals surface area contributed by atoms with Gasteiger partial charge in [-0.1, -0.05) is 54.6 Å². The summed E-state index contributed by atoms with van der Waals surface area (Å²) in [5.41, 5.74) is 1.81. The summed E-state index contributed by atoms with van der Waals surface area (Å²) in [6.45, 7) is 4.94. The van der Waals surface area contributed by atoms with Crippen molar-refractivity contribution < 1.29 is 10.1 Å². The molecule has 0 aromatic carbocycles. The number of hydrogen-bond donors (Lipinski definition) is 0. The fraction of sp³-hybridized carbons (Fsp3) is 0.520. The monoisotopic (exact) mass is 606 g/mol. The van der Waals surface area contributed by atoms with Crippen LogP contribution in [0.5, 0.6) is 0 Å². The van der Waals surface area contributed by atoms with E-state index in [4.69, 9.17) is 23.2 Å². The van der Waals surface area contributed by atoms with Crippen molar-refractivity contribution in [1.82, 2.24) is 29.6 Å². The lowest BCUT2D eigenvalue weighted by Gasteiger charge is -2.21. The Bertz CT molecular complexity index is 1150. The molecule has 0 amide bonds. The molecule has 0 spiro atoms. The van der Waals surface area contributed by atoms with Crippen molar-refractivity contribution in [3.63, 3.8) is 0 Å². The van der Waals surface area contributed by atoms with E-state index >= 15 is 0 Å². The topological polar surface area (TPSA) is 150 Å². The molecule has 14 nitrogen and oxygen atoms in total. The quantitative estimate of drug-likeness (QED) is 0.134. The maximum Gasteiger partial charge on any atom is 0.274 e. The first kappa shape index (κ1) is 30.2. The van der Waals surface area contributed by atoms with E-state index in [1.807, 2.05) is 31.7 Å². The molecule has 0 saturated carbocycles. The molecule has 0 aliphatic carbocycles. The molecule has 2 fully saturated rings. The third kappa shape index (κ3) is 9.11. The van der Waals surface area contributed by atoms with Crippen LogP contribution in [0.1, 0.15) is 43.2 Å². The second-order valence-corrected chi connectivity index (χ2v) is 10.6. The van der Waals surface area contributed by atoms with E-state index in [1.54, 1.807) is 24.5 Å². The summed E-state index contributed by atoms with van der Waals surface area (Å²) in [4.78, 5) is 38.2. The van der Waals surface area contributed by atoms with Gasteiger partial charge in [-0.3, -0.25) is 0 Å². The maximum atomic E-state index is 11.2. The van der Waals surface area contributed by atoms with Gasteiger partial charge >= 0.3 is 0 Å². The minimum atomic E-state index is -0.650. The van der Waals surface area contributed by atoms with Crippen LogP contribution in [0.2, 0.25) is 10.3 Å². The zero-order chi connectivity index (χ0) is 29.2. The lowest BCUT2D eigenvalue weighted by Crippen LogP contribution is -2.35. The second-order valence-electron chi connectivity index (χ2n) is 9.84. The van der Waals surface area contributed by atoms with Crippen molar-refractivity contribution in [2.45, 2.75) is 45.2 Å². The molecular weight excluding hydrogens is 575 g/mol. The minimum absolute atomic E-state index is 0.371. The predicted octanol–water partition coefficient (Wildman–Crippen LogP) is 3.76. The third-order valence-electron chi connectivity index (χ3n) is 6.93. The molecule has 220 valence electrons. The summed E-state index contributed by atoms with van der Waals surface area (Å²) < 4.78 is 0. The van der Waals surface area contributed by atoms with E-state index in [-0.39, 0.29) is 0 Å². The van der Waals surface area contributed by atoms with E-state index in [9.17, 15) is 20.2 Å². The smallest absolute Gasteiger partial charge is 0.274 e. The molecule has 2 aliphatic heterocycles. The Balaban J connectivity index is 1.18. The Morgan fingerprint density at radius 2 is 1.05 bits per heavy atom. The standard InChI is InChI=1S/C25H32Cl2N10O4/c26-22-8-6-20(16-28-22)18-34-14-12-32(24(34)30-36(38)39)10-4-2-1-3-5-11-33-13-15-35(25(33)31-37(40)41)19-21-7-9-23(27)29-17-21/h6-9,16-17H,1-5,10-15,18-19H2/b30-24-,31-25+. The highest BCUT2D eigenvalue weighted by atomic mass is 35.5. The Morgan fingerprint density at radius 3 is 1.41 bits per heavy atom. The number of pyridine rings is 2. The molecule has 0 radical (unpaired) electrons. The molecule has 16 heteroatoms. The second kappa shape index (κ2) is 14.7. The van der Waals surface area contributed by atoms with Gasteiger partial charge in [-0.25, -0.2) is 30.2 Å². The van der Waals surface area contributed by atoms with Gasteiger partial charge in [0.1, 0.15) is 20.5 Å². The normalized spacial score (nSPS) is 17.3. The highest BCUT2D eigenvalue weighted by Crippen LogP contribution is 2.18. The largest absolute Gasteiger partial charge is 0.336 e. The number of nitrogens with zero attached hydrogens (tertiary/aromatic N) is 10. The fourth-order valence-electron chi connectivity index (χ4n) is 4.98. The van der Waals surface area contributed by atoms with Gasteiger partial charge in [0.15, 0.2) is 10.1 Å². The summed E-state index contributed by atoms with van der Waals surface area (Å²) in [6.07, 6.45) is 8.02. The Morgan fingerprint density at radius 1 is 0.659 bits per heavy atom. The first-order valence-corrected chi connectivity index (χ1v) is 14.2. The van der Waals surface area contributed by atoms with E-state index in [2.05, 4.69) is 20.2 Å². The number of hydrazone groups is 2. The van der Waals surface area contributed by atoms with Gasteiger partial charge in [0.05, 0.1) is 0 Å². The van der Waals surface area contributed by atoms with Gasteiger partial charge in [0.2, 0.25) is 0 Å². The summed E-state index contributed by atoms with van der Waals surface area (Å²) in [7, 11) is 0. The highest BCUT2D eigenvalue weighted by molar-refractivity contribution is 6.29. The van der Waals surface area contributed by atoms with Crippen molar-refractivity contribution in [3.8, 4) is 0 Å². The first-order chi connectivity index (χ1) is 19.8. The van der Waals surface area contributed by atoms with Crippen molar-refractivity contribution in [3.05, 3.63) is 78.3 Å². The van der Waals surface area contributed by atoms with Crippen LogP contribution in [0, 0.1) is 20.2 Å². The summed E-state index contributed by atoms with van der Waals surface area (Å²) >= 11 is 11.7. The van der Waals surface area contributed by atoms with Crippen LogP contribution >= 0.6 is 23.2 Å². The average molecular weight is 608 g/mol. The zero-order valence-corrected chi connectivity index (χ0v) is 24.0. The molecule has 0 atom stereocenters. The molecule has 0 bridgehead atoms. The average Bonchev–Trinajstić information content (AvgIpc) is 3.48. The van der Waals surface area contributed by atoms with E-state index < -0.39 is 10.1 Å². The number of unbranched alkanes of at least 4 members (excludes halogenated alkanes) is 4. The number of aromatic nitrogens is 2. The number of hydrogen-bond acceptors (Lipinski definition) is 6. The van der Waals surface area contributed by atoms with Crippen LogP contribution in [-0.4, -0.2) is 90.8 Å². The summed E-state index contributed by atoms with van der Waals surface area (Å²) in [5.74, 6) is 0.742. The number of guanidine groups is 2. The third-order valence-corrected chi connectivity index (χ3v) is 7.38. The molecule has 41 heavy (non-hydrogen) atoms. The molecule has 2 aromatic heterocycles. The van der Waals surface area contributed by atoms with Gasteiger partial charge in [0.25, 0.3) is 11.9 Å². The summed E-state index contributed by atoms with van der Waals surface area (Å²) in [5, 5.41) is 29.2. The molecule has 2 aromatic rings. The SMILES string of the molecule is O=[N+]([O-])/N=C1/N(CCCCCCCN2CCN(Cc3ccc(Cl)nc3)/C2=N/[N+](=O)[O-])CCN1Cc1ccc(Cl)nc1. The van der Waals surface area contributed by atoms with Crippen LogP contribution in [0.3, 0.4) is 0 Å². The first-order valence-electron chi connectivity index (χ1n) is 13.4. The molecule has 2 aliphatic rings. The van der Waals surface area contributed by atoms with Crippen molar-refractivity contribution in [1.29, 1.82) is 0 Å². The van der Waals surface area contributed by atoms with Crippen LogP contribution in [0.25, 0.3) is 0 Å². The molecular formula is C25H32Cl2N10O4. The van der Waals surface area contributed by atoms with Crippen molar-refractivity contribution in [2.75, 3.05) is 39.3 Å². The Hall–Kier alpha value is -3.78. The molecule has 2 saturated heterocycles. The molecule has 0 unspecified atom stereocenters. The van der Waals surface area contributed by atoms with Crippen LogP contribution in [-0.2, 0) is 13.1 Å². The van der Waals surface area contributed by atoms with Gasteiger partial charge in [-0.15, -0.1) is 0 Å². The molecule has 0 N–H and O–H groups in total. The van der Waals surface area contributed by atoms with Crippen LogP contribution in [0.4, 0.5) is 0 Å². The van der Waals surface area contributed by atoms with E-state index in [1.165, 1.54) is 0 Å². The van der Waals surface area contributed by atoms with Crippen LogP contribution in [0.15, 0.2) is 46.9 Å². The predicted molar refractivity (Wildman–Crippen MR) is 154 cm³/mol. The lowest BCUT2D eigenvalue weighted by molar-refractivity contribution is -0.486. The maximum absolute atomic E-state index is 11.2. The fourth-order valence-corrected chi connectivity index (χ4v) is 5.20. The van der Waals surface area contributed by atoms with Crippen molar-refractivity contribution in [2.24, 2.45) is 10.2 Å². The lowest BCUT2D eigenvalue weighted by atomic mass is 10.1. The van der Waals surface area contributed by atoms with Gasteiger partial charge in [-0.05, 0) is 36.1 Å². The summed E-state index contributed by atoms with van der Waals surface area (Å²) in [6, 6.07) is 7.10. The van der Waals surface area contributed by atoms with E-state index in [0.29, 0.717) is 74.6 Å². The zero-order valence-electron chi connectivity index (χ0n) is 22.5. The minimum Gasteiger partial charge on any atom is -0.336 e. The number of nitro groups is 2. The van der Waals surface area contributed by atoms with Gasteiger partial charge < -0.3 is 19.6 Å². The van der Waals surface area contributed by atoms with Gasteiger partial charge in [0, 0.05) is 64.8 Å². The Labute approximate surface area is 247 Å².